The number of amides is 1. The van der Waals surface area contributed by atoms with Crippen LogP contribution in [0.4, 0.5) is 24.5 Å². The molecule has 11 heteroatoms. The van der Waals surface area contributed by atoms with Crippen molar-refractivity contribution < 1.29 is 27.6 Å². The van der Waals surface area contributed by atoms with Crippen molar-refractivity contribution in [2.75, 3.05) is 11.9 Å². The summed E-state index contributed by atoms with van der Waals surface area (Å²) in [4.78, 5) is 22.8. The van der Waals surface area contributed by atoms with Gasteiger partial charge in [0.05, 0.1) is 17.6 Å². The Hall–Kier alpha value is -3.11. The zero-order valence-electron chi connectivity index (χ0n) is 15.5. The third kappa shape index (κ3) is 5.04. The number of carbonyl (C=O) groups excluding carboxylic acids is 1. The van der Waals surface area contributed by atoms with Crippen LogP contribution < -0.4 is 10.1 Å². The molecule has 3 rings (SSSR count). The molecule has 2 aromatic rings. The number of carbonyl (C=O) groups is 1. The average molecular weight is 412 g/mol. The van der Waals surface area contributed by atoms with Gasteiger partial charge in [0.25, 0.3) is 5.69 Å². The minimum absolute atomic E-state index is 0.0117. The molecule has 156 valence electrons. The van der Waals surface area contributed by atoms with E-state index in [0.717, 1.165) is 18.9 Å². The van der Waals surface area contributed by atoms with Crippen LogP contribution >= 0.6 is 0 Å². The second kappa shape index (κ2) is 8.10. The summed E-state index contributed by atoms with van der Waals surface area (Å²) in [5, 5.41) is 17.3. The Balaban J connectivity index is 1.69. The van der Waals surface area contributed by atoms with Crippen molar-refractivity contribution in [2.45, 2.75) is 44.8 Å². The van der Waals surface area contributed by atoms with Gasteiger partial charge in [-0.25, -0.2) is 0 Å². The summed E-state index contributed by atoms with van der Waals surface area (Å²) in [5.41, 5.74) is -0.872. The van der Waals surface area contributed by atoms with Crippen LogP contribution in [0.1, 0.15) is 43.5 Å². The number of alkyl halides is 3. The molecule has 1 aliphatic rings. The van der Waals surface area contributed by atoms with Gasteiger partial charge in [-0.3, -0.25) is 19.6 Å². The van der Waals surface area contributed by atoms with Crippen LogP contribution in [0.2, 0.25) is 0 Å². The number of rotatable bonds is 8. The van der Waals surface area contributed by atoms with Gasteiger partial charge in [0.1, 0.15) is 11.4 Å². The maximum absolute atomic E-state index is 12.9. The monoisotopic (exact) mass is 412 g/mol. The number of nitro benzene ring substituents is 1. The molecule has 1 aliphatic carbocycles. The molecular formula is C18H19F3N4O4. The largest absolute Gasteiger partial charge is 0.494 e. The number of nitro groups is 1. The van der Waals surface area contributed by atoms with Crippen molar-refractivity contribution in [2.24, 2.45) is 0 Å². The van der Waals surface area contributed by atoms with Gasteiger partial charge >= 0.3 is 6.18 Å². The molecule has 0 unspecified atom stereocenters. The normalized spacial score (nSPS) is 13.9. The summed E-state index contributed by atoms with van der Waals surface area (Å²) in [6, 6.07) is 5.06. The van der Waals surface area contributed by atoms with E-state index < -0.39 is 22.7 Å². The number of halogens is 3. The molecule has 1 saturated carbocycles. The highest BCUT2D eigenvalue weighted by Crippen LogP contribution is 2.42. The van der Waals surface area contributed by atoms with E-state index in [-0.39, 0.29) is 30.3 Å². The van der Waals surface area contributed by atoms with Gasteiger partial charge in [0.2, 0.25) is 5.91 Å². The number of nitrogens with zero attached hydrogens (tertiary/aromatic N) is 3. The Labute approximate surface area is 163 Å². The first-order valence-corrected chi connectivity index (χ1v) is 9.05. The summed E-state index contributed by atoms with van der Waals surface area (Å²) in [6.07, 6.45) is -3.16. The fourth-order valence-corrected chi connectivity index (χ4v) is 2.90. The molecule has 1 N–H and O–H groups in total. The first-order valence-electron chi connectivity index (χ1n) is 9.05. The highest BCUT2D eigenvalue weighted by atomic mass is 19.4. The van der Waals surface area contributed by atoms with Gasteiger partial charge in [0, 0.05) is 24.6 Å². The summed E-state index contributed by atoms with van der Waals surface area (Å²) in [6.45, 7) is 2.01. The van der Waals surface area contributed by atoms with E-state index in [1.54, 1.807) is 6.92 Å². The molecule has 0 bridgehead atoms. The quantitative estimate of drug-likeness (QED) is 0.520. The summed E-state index contributed by atoms with van der Waals surface area (Å²) in [7, 11) is 0. The zero-order chi connectivity index (χ0) is 21.2. The molecule has 0 spiro atoms. The molecular weight excluding hydrogens is 393 g/mol. The van der Waals surface area contributed by atoms with Crippen LogP contribution in [0.25, 0.3) is 0 Å². The summed E-state index contributed by atoms with van der Waals surface area (Å²) < 4.78 is 45.2. The third-order valence-corrected chi connectivity index (χ3v) is 4.40. The number of anilines is 1. The van der Waals surface area contributed by atoms with Crippen molar-refractivity contribution in [3.05, 3.63) is 45.8 Å². The third-order valence-electron chi connectivity index (χ3n) is 4.40. The van der Waals surface area contributed by atoms with E-state index in [9.17, 15) is 28.1 Å². The Kier molecular flexibility index (Phi) is 5.76. The number of nitrogens with one attached hydrogen (secondary N) is 1. The number of aryl methyl sites for hydroxylation is 1. The predicted molar refractivity (Wildman–Crippen MR) is 96.7 cm³/mol. The average Bonchev–Trinajstić information content (AvgIpc) is 3.39. The fraction of sp³-hybridized carbons (Fsp3) is 0.444. The molecule has 0 radical (unpaired) electrons. The molecule has 0 aliphatic heterocycles. The van der Waals surface area contributed by atoms with E-state index in [1.165, 1.54) is 22.9 Å². The number of hydrogen-bond donors (Lipinski definition) is 1. The second-order valence-electron chi connectivity index (χ2n) is 6.62. The van der Waals surface area contributed by atoms with Gasteiger partial charge in [-0.05, 0) is 38.0 Å². The standard InChI is InChI=1S/C18H19F3N4O4/c1-2-29-12-5-6-13(15(9-12)25(27)28)22-17(26)7-8-24-14(11-3-4-11)10-16(23-24)18(19,20)21/h5-6,9-11H,2-4,7-8H2,1H3,(H,22,26). The van der Waals surface area contributed by atoms with Crippen LogP contribution in [-0.2, 0) is 17.5 Å². The van der Waals surface area contributed by atoms with Gasteiger partial charge < -0.3 is 10.1 Å². The summed E-state index contributed by atoms with van der Waals surface area (Å²) in [5.74, 6) is -0.251. The first kappa shape index (κ1) is 20.6. The molecule has 29 heavy (non-hydrogen) atoms. The maximum Gasteiger partial charge on any atom is 0.435 e. The van der Waals surface area contributed by atoms with E-state index in [1.807, 2.05) is 0 Å². The first-order chi connectivity index (χ1) is 13.7. The van der Waals surface area contributed by atoms with Crippen molar-refractivity contribution in [3.8, 4) is 5.75 Å². The molecule has 0 atom stereocenters. The molecule has 0 saturated heterocycles. The van der Waals surface area contributed by atoms with E-state index in [0.29, 0.717) is 18.1 Å². The summed E-state index contributed by atoms with van der Waals surface area (Å²) >= 11 is 0. The Bertz CT molecular complexity index is 922. The lowest BCUT2D eigenvalue weighted by Crippen LogP contribution is -2.17. The lowest BCUT2D eigenvalue weighted by atomic mass is 10.2. The number of benzene rings is 1. The van der Waals surface area contributed by atoms with Crippen LogP contribution in [0.15, 0.2) is 24.3 Å². The Morgan fingerprint density at radius 3 is 2.69 bits per heavy atom. The highest BCUT2D eigenvalue weighted by Gasteiger charge is 2.37. The van der Waals surface area contributed by atoms with Crippen LogP contribution in [0, 0.1) is 10.1 Å². The minimum atomic E-state index is -4.56. The number of aromatic nitrogens is 2. The smallest absolute Gasteiger partial charge is 0.435 e. The van der Waals surface area contributed by atoms with Crippen molar-refractivity contribution >= 4 is 17.3 Å². The highest BCUT2D eigenvalue weighted by molar-refractivity contribution is 5.93. The van der Waals surface area contributed by atoms with Crippen molar-refractivity contribution in [1.29, 1.82) is 0 Å². The van der Waals surface area contributed by atoms with Crippen molar-refractivity contribution in [1.82, 2.24) is 9.78 Å². The zero-order valence-corrected chi connectivity index (χ0v) is 15.5. The van der Waals surface area contributed by atoms with Crippen molar-refractivity contribution in [3.63, 3.8) is 0 Å². The molecule has 1 fully saturated rings. The van der Waals surface area contributed by atoms with E-state index in [2.05, 4.69) is 10.4 Å². The van der Waals surface area contributed by atoms with Crippen LogP contribution in [-0.4, -0.2) is 27.2 Å². The molecule has 1 aromatic heterocycles. The minimum Gasteiger partial charge on any atom is -0.494 e. The lowest BCUT2D eigenvalue weighted by molar-refractivity contribution is -0.384. The number of ether oxygens (including phenoxy) is 1. The predicted octanol–water partition coefficient (Wildman–Crippen LogP) is 4.12. The van der Waals surface area contributed by atoms with Crippen LogP contribution in [0.5, 0.6) is 5.75 Å². The lowest BCUT2D eigenvalue weighted by Gasteiger charge is -2.09. The number of hydrogen-bond acceptors (Lipinski definition) is 5. The van der Waals surface area contributed by atoms with Gasteiger partial charge in [-0.2, -0.15) is 18.3 Å². The molecule has 1 heterocycles. The maximum atomic E-state index is 12.9. The van der Waals surface area contributed by atoms with Gasteiger partial charge in [-0.15, -0.1) is 0 Å². The Morgan fingerprint density at radius 2 is 2.10 bits per heavy atom. The molecule has 8 nitrogen and oxygen atoms in total. The Morgan fingerprint density at radius 1 is 1.38 bits per heavy atom. The van der Waals surface area contributed by atoms with Gasteiger partial charge in [-0.1, -0.05) is 0 Å². The fourth-order valence-electron chi connectivity index (χ4n) is 2.90. The van der Waals surface area contributed by atoms with E-state index >= 15 is 0 Å². The van der Waals surface area contributed by atoms with Gasteiger partial charge in [0.15, 0.2) is 5.69 Å². The topological polar surface area (TPSA) is 99.3 Å². The second-order valence-corrected chi connectivity index (χ2v) is 6.62. The van der Waals surface area contributed by atoms with Crippen LogP contribution in [0.3, 0.4) is 0 Å². The van der Waals surface area contributed by atoms with E-state index in [4.69, 9.17) is 4.74 Å². The molecule has 1 amide bonds. The SMILES string of the molecule is CCOc1ccc(NC(=O)CCn2nc(C(F)(F)F)cc2C2CC2)c([N+](=O)[O-])c1. The molecule has 1 aromatic carbocycles.